The molecule has 20 heavy (non-hydrogen) atoms. The van der Waals surface area contributed by atoms with Crippen molar-refractivity contribution in [2.75, 3.05) is 0 Å². The van der Waals surface area contributed by atoms with Crippen LogP contribution < -0.4 is 11.5 Å². The van der Waals surface area contributed by atoms with Gasteiger partial charge in [-0.2, -0.15) is 21.6 Å². The van der Waals surface area contributed by atoms with Gasteiger partial charge in [0.1, 0.15) is 0 Å². The number of hydrogen-bond donors (Lipinski definition) is 4. The van der Waals surface area contributed by atoms with E-state index < -0.39 is 22.1 Å². The van der Waals surface area contributed by atoms with Gasteiger partial charge in [-0.1, -0.05) is 12.1 Å². The van der Waals surface area contributed by atoms with Crippen LogP contribution >= 0.6 is 0 Å². The number of nitrogens with two attached hydrogens (primary N) is 2. The second-order valence-corrected chi connectivity index (χ2v) is 4.28. The SMILES string of the molecule is NC(N)=NCc1ccc(C(F)(F)F)cc1.O=S(=O)(O)O. The van der Waals surface area contributed by atoms with Gasteiger partial charge in [0.25, 0.3) is 0 Å². The molecule has 114 valence electrons. The first-order chi connectivity index (χ1) is 8.89. The molecule has 0 atom stereocenters. The van der Waals surface area contributed by atoms with E-state index in [1.165, 1.54) is 12.1 Å². The van der Waals surface area contributed by atoms with Crippen LogP contribution in [0.25, 0.3) is 0 Å². The molecule has 0 aromatic heterocycles. The van der Waals surface area contributed by atoms with Crippen molar-refractivity contribution in [3.63, 3.8) is 0 Å². The van der Waals surface area contributed by atoms with Gasteiger partial charge in [0.2, 0.25) is 0 Å². The highest BCUT2D eigenvalue weighted by molar-refractivity contribution is 7.79. The topological polar surface area (TPSA) is 139 Å². The van der Waals surface area contributed by atoms with Crippen LogP contribution in [0.2, 0.25) is 0 Å². The third kappa shape index (κ3) is 10.1. The average Bonchev–Trinajstić information content (AvgIpc) is 2.23. The smallest absolute Gasteiger partial charge is 0.370 e. The van der Waals surface area contributed by atoms with E-state index in [1.54, 1.807) is 0 Å². The summed E-state index contributed by atoms with van der Waals surface area (Å²) < 4.78 is 68.1. The minimum absolute atomic E-state index is 0.0881. The molecule has 1 aromatic carbocycles. The Labute approximate surface area is 112 Å². The fraction of sp³-hybridized carbons (Fsp3) is 0.222. The monoisotopic (exact) mass is 315 g/mol. The van der Waals surface area contributed by atoms with Crippen molar-refractivity contribution in [3.8, 4) is 0 Å². The zero-order valence-electron chi connectivity index (χ0n) is 9.87. The Morgan fingerprint density at radius 3 is 1.85 bits per heavy atom. The van der Waals surface area contributed by atoms with E-state index in [2.05, 4.69) is 4.99 Å². The maximum atomic E-state index is 12.2. The lowest BCUT2D eigenvalue weighted by atomic mass is 10.1. The summed E-state index contributed by atoms with van der Waals surface area (Å²) >= 11 is 0. The highest BCUT2D eigenvalue weighted by Crippen LogP contribution is 2.29. The van der Waals surface area contributed by atoms with Crippen LogP contribution in [-0.2, 0) is 23.1 Å². The van der Waals surface area contributed by atoms with Gasteiger partial charge < -0.3 is 11.5 Å². The van der Waals surface area contributed by atoms with Gasteiger partial charge in [-0.05, 0) is 17.7 Å². The summed E-state index contributed by atoms with van der Waals surface area (Å²) in [6.45, 7) is 0.181. The minimum atomic E-state index is -4.67. The molecule has 0 aliphatic rings. The zero-order chi connectivity index (χ0) is 16.0. The third-order valence-electron chi connectivity index (χ3n) is 1.73. The van der Waals surface area contributed by atoms with E-state index in [4.69, 9.17) is 29.0 Å². The molecular weight excluding hydrogens is 303 g/mol. The normalized spacial score (nSPS) is 11.2. The van der Waals surface area contributed by atoms with Crippen molar-refractivity contribution in [1.82, 2.24) is 0 Å². The molecule has 1 aromatic rings. The van der Waals surface area contributed by atoms with Crippen LogP contribution in [0.4, 0.5) is 13.2 Å². The molecule has 0 aliphatic heterocycles. The standard InChI is InChI=1S/C9H10F3N3.H2O4S/c10-9(11,12)7-3-1-6(2-4-7)5-15-8(13)14;1-5(2,3)4/h1-4H,5H2,(H4,13,14,15);(H2,1,2,3,4). The third-order valence-corrected chi connectivity index (χ3v) is 1.73. The van der Waals surface area contributed by atoms with Crippen LogP contribution in [0.15, 0.2) is 29.3 Å². The number of alkyl halides is 3. The van der Waals surface area contributed by atoms with E-state index in [-0.39, 0.29) is 12.5 Å². The van der Waals surface area contributed by atoms with Crippen molar-refractivity contribution in [2.24, 2.45) is 16.5 Å². The fourth-order valence-electron chi connectivity index (χ4n) is 0.982. The lowest BCUT2D eigenvalue weighted by Gasteiger charge is -2.06. The lowest BCUT2D eigenvalue weighted by Crippen LogP contribution is -2.22. The minimum Gasteiger partial charge on any atom is -0.370 e. The molecule has 1 rings (SSSR count). The zero-order valence-corrected chi connectivity index (χ0v) is 10.7. The first kappa shape index (κ1) is 18.1. The lowest BCUT2D eigenvalue weighted by molar-refractivity contribution is -0.137. The highest BCUT2D eigenvalue weighted by atomic mass is 32.3. The van der Waals surface area contributed by atoms with Crippen LogP contribution in [0, 0.1) is 0 Å². The van der Waals surface area contributed by atoms with Crippen LogP contribution in [0.1, 0.15) is 11.1 Å². The number of rotatable bonds is 2. The van der Waals surface area contributed by atoms with E-state index in [1.807, 2.05) is 0 Å². The number of aliphatic imine (C=N–C) groups is 1. The van der Waals surface area contributed by atoms with Gasteiger partial charge in [-0.25, -0.2) is 4.99 Å². The van der Waals surface area contributed by atoms with Gasteiger partial charge in [-0.3, -0.25) is 9.11 Å². The Morgan fingerprint density at radius 1 is 1.15 bits per heavy atom. The number of benzene rings is 1. The van der Waals surface area contributed by atoms with Gasteiger partial charge in [0.05, 0.1) is 12.1 Å². The van der Waals surface area contributed by atoms with Crippen molar-refractivity contribution in [1.29, 1.82) is 0 Å². The summed E-state index contributed by atoms with van der Waals surface area (Å²) in [5, 5.41) is 0. The van der Waals surface area contributed by atoms with Gasteiger partial charge >= 0.3 is 16.6 Å². The Bertz CT molecular complexity index is 543. The summed E-state index contributed by atoms with van der Waals surface area (Å²) in [5.41, 5.74) is 10.1. The molecule has 0 saturated carbocycles. The maximum Gasteiger partial charge on any atom is 0.416 e. The van der Waals surface area contributed by atoms with E-state index in [9.17, 15) is 13.2 Å². The Kier molecular flexibility index (Phi) is 6.42. The van der Waals surface area contributed by atoms with Crippen molar-refractivity contribution in [2.45, 2.75) is 12.7 Å². The molecule has 7 nitrogen and oxygen atoms in total. The molecule has 0 fully saturated rings. The predicted octanol–water partition coefficient (Wildman–Crippen LogP) is 0.826. The van der Waals surface area contributed by atoms with Gasteiger partial charge in [0.15, 0.2) is 5.96 Å². The largest absolute Gasteiger partial charge is 0.416 e. The molecular formula is C9H12F3N3O4S. The first-order valence-corrected chi connectivity index (χ1v) is 6.20. The van der Waals surface area contributed by atoms with Crippen LogP contribution in [0.3, 0.4) is 0 Å². The number of guanidine groups is 1. The molecule has 0 heterocycles. The Balaban J connectivity index is 0.000000621. The van der Waals surface area contributed by atoms with Crippen LogP contribution in [0.5, 0.6) is 0 Å². The summed E-state index contributed by atoms with van der Waals surface area (Å²) in [7, 11) is -4.67. The quantitative estimate of drug-likeness (QED) is 0.362. The Morgan fingerprint density at radius 2 is 1.55 bits per heavy atom. The summed E-state index contributed by atoms with van der Waals surface area (Å²) in [4.78, 5) is 3.68. The molecule has 6 N–H and O–H groups in total. The average molecular weight is 315 g/mol. The van der Waals surface area contributed by atoms with E-state index in [0.29, 0.717) is 5.56 Å². The number of hydrogen-bond acceptors (Lipinski definition) is 3. The molecule has 0 radical (unpaired) electrons. The summed E-state index contributed by atoms with van der Waals surface area (Å²) in [6.07, 6.45) is -4.31. The molecule has 0 amide bonds. The summed E-state index contributed by atoms with van der Waals surface area (Å²) in [6, 6.07) is 4.68. The van der Waals surface area contributed by atoms with Crippen LogP contribution in [-0.4, -0.2) is 23.5 Å². The number of nitrogens with zero attached hydrogens (tertiary/aromatic N) is 1. The van der Waals surface area contributed by atoms with Gasteiger partial charge in [-0.15, -0.1) is 0 Å². The van der Waals surface area contributed by atoms with E-state index >= 15 is 0 Å². The van der Waals surface area contributed by atoms with E-state index in [0.717, 1.165) is 12.1 Å². The Hall–Kier alpha value is -1.85. The summed E-state index contributed by atoms with van der Waals surface area (Å²) in [5.74, 6) is -0.0881. The molecule has 0 spiro atoms. The molecule has 0 aliphatic carbocycles. The van der Waals surface area contributed by atoms with Crippen molar-refractivity contribution in [3.05, 3.63) is 35.4 Å². The number of halogens is 3. The van der Waals surface area contributed by atoms with Crippen molar-refractivity contribution >= 4 is 16.4 Å². The van der Waals surface area contributed by atoms with Crippen molar-refractivity contribution < 1.29 is 30.7 Å². The second-order valence-electron chi connectivity index (χ2n) is 3.38. The molecule has 0 bridgehead atoms. The molecule has 0 saturated heterocycles. The maximum absolute atomic E-state index is 12.2. The second kappa shape index (κ2) is 7.07. The molecule has 0 unspecified atom stereocenters. The molecule has 11 heteroatoms. The fourth-order valence-corrected chi connectivity index (χ4v) is 0.982. The first-order valence-electron chi connectivity index (χ1n) is 4.81. The predicted molar refractivity (Wildman–Crippen MR) is 65.1 cm³/mol. The highest BCUT2D eigenvalue weighted by Gasteiger charge is 2.29. The van der Waals surface area contributed by atoms with Gasteiger partial charge in [0, 0.05) is 0 Å².